The molecule has 0 atom stereocenters. The summed E-state index contributed by atoms with van der Waals surface area (Å²) < 4.78 is 0. The van der Waals surface area contributed by atoms with Gasteiger partial charge in [-0.2, -0.15) is 0 Å². The van der Waals surface area contributed by atoms with Crippen LogP contribution in [-0.4, -0.2) is 18.4 Å². The van der Waals surface area contributed by atoms with Crippen molar-refractivity contribution in [3.05, 3.63) is 29.3 Å². The van der Waals surface area contributed by atoms with Crippen molar-refractivity contribution in [2.75, 3.05) is 11.9 Å². The third-order valence-electron chi connectivity index (χ3n) is 2.61. The van der Waals surface area contributed by atoms with Gasteiger partial charge in [0.25, 0.3) is 0 Å². The van der Waals surface area contributed by atoms with E-state index in [9.17, 15) is 9.59 Å². The van der Waals surface area contributed by atoms with Crippen molar-refractivity contribution in [1.29, 1.82) is 0 Å². The highest BCUT2D eigenvalue weighted by Crippen LogP contribution is 2.15. The second kappa shape index (κ2) is 6.19. The average molecular weight is 248 g/mol. The Kier molecular flexibility index (Phi) is 4.89. The fraction of sp³-hybridized carbons (Fsp3) is 0.429. The molecule has 0 aromatic heterocycles. The zero-order valence-electron chi connectivity index (χ0n) is 11.3. The van der Waals surface area contributed by atoms with Gasteiger partial charge in [-0.05, 0) is 31.0 Å². The largest absolute Gasteiger partial charge is 0.347 e. The fourth-order valence-corrected chi connectivity index (χ4v) is 1.44. The first-order valence-corrected chi connectivity index (χ1v) is 6.05. The maximum Gasteiger partial charge on any atom is 0.243 e. The van der Waals surface area contributed by atoms with Gasteiger partial charge < -0.3 is 10.6 Å². The molecule has 2 N–H and O–H groups in total. The molecule has 1 rings (SSSR count). The third kappa shape index (κ3) is 4.20. The molecule has 2 amide bonds. The molecule has 1 aromatic rings. The minimum atomic E-state index is -0.210. The van der Waals surface area contributed by atoms with Crippen molar-refractivity contribution in [3.63, 3.8) is 0 Å². The molecule has 0 radical (unpaired) electrons. The number of aryl methyl sites for hydroxylation is 2. The summed E-state index contributed by atoms with van der Waals surface area (Å²) in [4.78, 5) is 23.0. The van der Waals surface area contributed by atoms with Crippen LogP contribution in [0.2, 0.25) is 0 Å². The Morgan fingerprint density at radius 3 is 2.50 bits per heavy atom. The van der Waals surface area contributed by atoms with E-state index in [1.165, 1.54) is 0 Å². The first-order valence-electron chi connectivity index (χ1n) is 6.05. The Hall–Kier alpha value is -1.84. The summed E-state index contributed by atoms with van der Waals surface area (Å²) >= 11 is 0. The Morgan fingerprint density at radius 2 is 1.89 bits per heavy atom. The number of anilines is 1. The predicted octanol–water partition coefficient (Wildman–Crippen LogP) is 2.01. The molecule has 0 fully saturated rings. The van der Waals surface area contributed by atoms with E-state index in [0.29, 0.717) is 0 Å². The molecular formula is C14H20N2O2. The molecule has 0 spiro atoms. The summed E-state index contributed by atoms with van der Waals surface area (Å²) in [6.45, 7) is 7.48. The Labute approximate surface area is 108 Å². The molecular weight excluding hydrogens is 228 g/mol. The van der Waals surface area contributed by atoms with Gasteiger partial charge in [-0.3, -0.25) is 9.59 Å². The number of amides is 2. The Morgan fingerprint density at radius 1 is 1.22 bits per heavy atom. The minimum Gasteiger partial charge on any atom is -0.347 e. The van der Waals surface area contributed by atoms with Gasteiger partial charge in [0.05, 0.1) is 6.54 Å². The van der Waals surface area contributed by atoms with E-state index in [-0.39, 0.29) is 24.3 Å². The molecule has 0 bridgehead atoms. The standard InChI is InChI=1S/C14H20N2O2/c1-9(2)14(18)15-8-13(17)16-12-7-10(3)5-6-11(12)4/h5-7,9H,8H2,1-4H3,(H,15,18)(H,16,17). The normalized spacial score (nSPS) is 10.3. The summed E-state index contributed by atoms with van der Waals surface area (Å²) in [5, 5.41) is 5.38. The van der Waals surface area contributed by atoms with Crippen LogP contribution in [0.15, 0.2) is 18.2 Å². The van der Waals surface area contributed by atoms with Crippen LogP contribution in [0.25, 0.3) is 0 Å². The highest BCUT2D eigenvalue weighted by atomic mass is 16.2. The van der Waals surface area contributed by atoms with E-state index in [0.717, 1.165) is 16.8 Å². The van der Waals surface area contributed by atoms with Crippen molar-refractivity contribution < 1.29 is 9.59 Å². The van der Waals surface area contributed by atoms with Gasteiger partial charge in [-0.25, -0.2) is 0 Å². The van der Waals surface area contributed by atoms with Crippen molar-refractivity contribution in [2.45, 2.75) is 27.7 Å². The van der Waals surface area contributed by atoms with Gasteiger partial charge in [0.1, 0.15) is 0 Å². The number of rotatable bonds is 4. The number of nitrogens with one attached hydrogen (secondary N) is 2. The van der Waals surface area contributed by atoms with Crippen LogP contribution < -0.4 is 10.6 Å². The van der Waals surface area contributed by atoms with E-state index in [1.807, 2.05) is 32.0 Å². The third-order valence-corrected chi connectivity index (χ3v) is 2.61. The summed E-state index contributed by atoms with van der Waals surface area (Å²) in [6, 6.07) is 5.86. The molecule has 98 valence electrons. The minimum absolute atomic E-state index is 0.00436. The van der Waals surface area contributed by atoms with Crippen LogP contribution in [0, 0.1) is 19.8 Å². The van der Waals surface area contributed by atoms with Crippen molar-refractivity contribution in [3.8, 4) is 0 Å². The topological polar surface area (TPSA) is 58.2 Å². The summed E-state index contributed by atoms with van der Waals surface area (Å²) in [6.07, 6.45) is 0. The van der Waals surface area contributed by atoms with Gasteiger partial charge >= 0.3 is 0 Å². The van der Waals surface area contributed by atoms with E-state index in [1.54, 1.807) is 13.8 Å². The van der Waals surface area contributed by atoms with Crippen LogP contribution in [0.5, 0.6) is 0 Å². The number of benzene rings is 1. The molecule has 18 heavy (non-hydrogen) atoms. The number of hydrogen-bond acceptors (Lipinski definition) is 2. The lowest BCUT2D eigenvalue weighted by Crippen LogP contribution is -2.35. The monoisotopic (exact) mass is 248 g/mol. The van der Waals surface area contributed by atoms with Crippen LogP contribution in [-0.2, 0) is 9.59 Å². The molecule has 4 heteroatoms. The van der Waals surface area contributed by atoms with Gasteiger partial charge in [-0.1, -0.05) is 26.0 Å². The van der Waals surface area contributed by atoms with Gasteiger partial charge in [0, 0.05) is 11.6 Å². The molecule has 0 heterocycles. The lowest BCUT2D eigenvalue weighted by Gasteiger charge is -2.11. The average Bonchev–Trinajstić information content (AvgIpc) is 2.30. The molecule has 4 nitrogen and oxygen atoms in total. The van der Waals surface area contributed by atoms with Crippen LogP contribution in [0.3, 0.4) is 0 Å². The Balaban J connectivity index is 2.55. The first-order chi connectivity index (χ1) is 8.40. The second-order valence-electron chi connectivity index (χ2n) is 4.74. The summed E-state index contributed by atoms with van der Waals surface area (Å²) in [5.41, 5.74) is 2.88. The molecule has 1 aromatic carbocycles. The van der Waals surface area contributed by atoms with Crippen molar-refractivity contribution in [2.24, 2.45) is 5.92 Å². The van der Waals surface area contributed by atoms with Crippen molar-refractivity contribution >= 4 is 17.5 Å². The SMILES string of the molecule is Cc1ccc(C)c(NC(=O)CNC(=O)C(C)C)c1. The lowest BCUT2D eigenvalue weighted by molar-refractivity contribution is -0.126. The number of hydrogen-bond donors (Lipinski definition) is 2. The molecule has 0 saturated heterocycles. The number of carbonyl (C=O) groups excluding carboxylic acids is 2. The van der Waals surface area contributed by atoms with Crippen LogP contribution in [0.4, 0.5) is 5.69 Å². The quantitative estimate of drug-likeness (QED) is 0.856. The van der Waals surface area contributed by atoms with Crippen LogP contribution in [0.1, 0.15) is 25.0 Å². The molecule has 0 saturated carbocycles. The van der Waals surface area contributed by atoms with Gasteiger partial charge in [0.15, 0.2) is 0 Å². The van der Waals surface area contributed by atoms with E-state index in [4.69, 9.17) is 0 Å². The number of carbonyl (C=O) groups is 2. The van der Waals surface area contributed by atoms with E-state index >= 15 is 0 Å². The fourth-order valence-electron chi connectivity index (χ4n) is 1.44. The van der Waals surface area contributed by atoms with Crippen LogP contribution >= 0.6 is 0 Å². The molecule has 0 aliphatic carbocycles. The summed E-state index contributed by atoms with van der Waals surface area (Å²) in [7, 11) is 0. The highest BCUT2D eigenvalue weighted by Gasteiger charge is 2.09. The van der Waals surface area contributed by atoms with Gasteiger partial charge in [0.2, 0.25) is 11.8 Å². The Bertz CT molecular complexity index is 453. The van der Waals surface area contributed by atoms with E-state index in [2.05, 4.69) is 10.6 Å². The molecule has 0 unspecified atom stereocenters. The maximum atomic E-state index is 11.7. The van der Waals surface area contributed by atoms with Crippen molar-refractivity contribution in [1.82, 2.24) is 5.32 Å². The zero-order valence-corrected chi connectivity index (χ0v) is 11.3. The first kappa shape index (κ1) is 14.2. The zero-order chi connectivity index (χ0) is 13.7. The van der Waals surface area contributed by atoms with Gasteiger partial charge in [-0.15, -0.1) is 0 Å². The highest BCUT2D eigenvalue weighted by molar-refractivity contribution is 5.95. The molecule has 0 aliphatic heterocycles. The second-order valence-corrected chi connectivity index (χ2v) is 4.74. The smallest absolute Gasteiger partial charge is 0.243 e. The van der Waals surface area contributed by atoms with E-state index < -0.39 is 0 Å². The summed E-state index contributed by atoms with van der Waals surface area (Å²) in [5.74, 6) is -0.442. The maximum absolute atomic E-state index is 11.7. The predicted molar refractivity (Wildman–Crippen MR) is 72.4 cm³/mol. The molecule has 0 aliphatic rings. The lowest BCUT2D eigenvalue weighted by atomic mass is 10.1.